The molecule has 0 spiro atoms. The topological polar surface area (TPSA) is 52.7 Å². The zero-order chi connectivity index (χ0) is 16.1. The van der Waals surface area contributed by atoms with Crippen molar-refractivity contribution in [2.45, 2.75) is 19.4 Å². The SMILES string of the molecule is CNC(=O)[C@H]1CN(C(C)=O)CCN1CCc1ccc(F)cc1. The summed E-state index contributed by atoms with van der Waals surface area (Å²) >= 11 is 0. The van der Waals surface area contributed by atoms with Gasteiger partial charge in [0.05, 0.1) is 0 Å². The summed E-state index contributed by atoms with van der Waals surface area (Å²) in [5, 5.41) is 2.66. The maximum Gasteiger partial charge on any atom is 0.238 e. The first-order valence-electron chi connectivity index (χ1n) is 7.47. The number of carbonyl (C=O) groups excluding carboxylic acids is 2. The molecule has 0 aliphatic carbocycles. The lowest BCUT2D eigenvalue weighted by Crippen LogP contribution is -2.59. The molecule has 1 aromatic rings. The monoisotopic (exact) mass is 307 g/mol. The highest BCUT2D eigenvalue weighted by Gasteiger charge is 2.32. The van der Waals surface area contributed by atoms with Gasteiger partial charge in [0, 0.05) is 40.2 Å². The lowest BCUT2D eigenvalue weighted by molar-refractivity contribution is -0.136. The van der Waals surface area contributed by atoms with E-state index in [0.717, 1.165) is 12.0 Å². The Morgan fingerprint density at radius 3 is 2.55 bits per heavy atom. The molecule has 2 rings (SSSR count). The minimum absolute atomic E-state index is 0.00733. The summed E-state index contributed by atoms with van der Waals surface area (Å²) in [6.07, 6.45) is 0.744. The number of likely N-dealkylation sites (N-methyl/N-ethyl adjacent to an activating group) is 1. The summed E-state index contributed by atoms with van der Waals surface area (Å²) in [7, 11) is 1.60. The van der Waals surface area contributed by atoms with E-state index >= 15 is 0 Å². The first-order valence-corrected chi connectivity index (χ1v) is 7.47. The number of carbonyl (C=O) groups is 2. The smallest absolute Gasteiger partial charge is 0.238 e. The fourth-order valence-corrected chi connectivity index (χ4v) is 2.71. The van der Waals surface area contributed by atoms with Gasteiger partial charge in [0.25, 0.3) is 0 Å². The number of amides is 2. The maximum atomic E-state index is 12.9. The predicted molar refractivity (Wildman–Crippen MR) is 81.8 cm³/mol. The van der Waals surface area contributed by atoms with E-state index in [9.17, 15) is 14.0 Å². The van der Waals surface area contributed by atoms with Gasteiger partial charge >= 0.3 is 0 Å². The van der Waals surface area contributed by atoms with Crippen LogP contribution in [0.15, 0.2) is 24.3 Å². The molecule has 1 fully saturated rings. The van der Waals surface area contributed by atoms with Crippen molar-refractivity contribution in [1.82, 2.24) is 15.1 Å². The van der Waals surface area contributed by atoms with Gasteiger partial charge in [0.2, 0.25) is 11.8 Å². The zero-order valence-electron chi connectivity index (χ0n) is 13.0. The minimum atomic E-state index is -0.330. The minimum Gasteiger partial charge on any atom is -0.358 e. The molecular weight excluding hydrogens is 285 g/mol. The molecule has 0 saturated carbocycles. The van der Waals surface area contributed by atoms with Crippen LogP contribution in [0, 0.1) is 5.82 Å². The largest absolute Gasteiger partial charge is 0.358 e. The molecular formula is C16H22FN3O2. The normalized spacial score (nSPS) is 19.0. The molecule has 120 valence electrons. The standard InChI is InChI=1S/C16H22FN3O2/c1-12(21)20-10-9-19(15(11-20)16(22)18-2)8-7-13-3-5-14(17)6-4-13/h3-6,15H,7-11H2,1-2H3,(H,18,22)/t15-/m1/s1. The average Bonchev–Trinajstić information content (AvgIpc) is 2.53. The van der Waals surface area contributed by atoms with Crippen molar-refractivity contribution in [3.8, 4) is 0 Å². The van der Waals surface area contributed by atoms with Crippen LogP contribution in [0.4, 0.5) is 4.39 Å². The number of hydrogen-bond acceptors (Lipinski definition) is 3. The van der Waals surface area contributed by atoms with E-state index in [-0.39, 0.29) is 23.7 Å². The Morgan fingerprint density at radius 2 is 1.95 bits per heavy atom. The molecule has 1 N–H and O–H groups in total. The van der Waals surface area contributed by atoms with Crippen molar-refractivity contribution in [1.29, 1.82) is 0 Å². The fraction of sp³-hybridized carbons (Fsp3) is 0.500. The highest BCUT2D eigenvalue weighted by Crippen LogP contribution is 2.12. The Kier molecular flexibility index (Phi) is 5.49. The van der Waals surface area contributed by atoms with Crippen molar-refractivity contribution in [2.24, 2.45) is 0 Å². The summed E-state index contributed by atoms with van der Waals surface area (Å²) in [6, 6.07) is 6.08. The highest BCUT2D eigenvalue weighted by molar-refractivity contribution is 5.83. The number of halogens is 1. The molecule has 22 heavy (non-hydrogen) atoms. The van der Waals surface area contributed by atoms with E-state index in [1.807, 2.05) is 0 Å². The predicted octanol–water partition coefficient (Wildman–Crippen LogP) is 0.647. The van der Waals surface area contributed by atoms with Crippen LogP contribution in [0.5, 0.6) is 0 Å². The van der Waals surface area contributed by atoms with Crippen molar-refractivity contribution >= 4 is 11.8 Å². The molecule has 0 radical (unpaired) electrons. The second kappa shape index (κ2) is 7.35. The van der Waals surface area contributed by atoms with Crippen LogP contribution in [0.3, 0.4) is 0 Å². The first kappa shape index (κ1) is 16.4. The van der Waals surface area contributed by atoms with Gasteiger partial charge < -0.3 is 10.2 Å². The average molecular weight is 307 g/mol. The van der Waals surface area contributed by atoms with Gasteiger partial charge in [-0.25, -0.2) is 4.39 Å². The Morgan fingerprint density at radius 1 is 1.27 bits per heavy atom. The molecule has 1 aliphatic heterocycles. The number of benzene rings is 1. The van der Waals surface area contributed by atoms with Crippen molar-refractivity contribution in [2.75, 3.05) is 33.2 Å². The van der Waals surface area contributed by atoms with Crippen LogP contribution in [-0.4, -0.2) is 60.9 Å². The second-order valence-electron chi connectivity index (χ2n) is 5.51. The first-order chi connectivity index (χ1) is 10.5. The maximum absolute atomic E-state index is 12.9. The van der Waals surface area contributed by atoms with E-state index in [1.54, 1.807) is 24.1 Å². The van der Waals surface area contributed by atoms with Crippen LogP contribution < -0.4 is 5.32 Å². The third-order valence-electron chi connectivity index (χ3n) is 4.09. The molecule has 1 saturated heterocycles. The summed E-state index contributed by atoms with van der Waals surface area (Å²) in [5.41, 5.74) is 1.03. The van der Waals surface area contributed by atoms with Crippen molar-refractivity contribution in [3.05, 3.63) is 35.6 Å². The van der Waals surface area contributed by atoms with Crippen molar-refractivity contribution in [3.63, 3.8) is 0 Å². The molecule has 5 nitrogen and oxygen atoms in total. The number of hydrogen-bond donors (Lipinski definition) is 1. The number of nitrogens with zero attached hydrogens (tertiary/aromatic N) is 2. The van der Waals surface area contributed by atoms with Gasteiger partial charge in [-0.1, -0.05) is 12.1 Å². The Bertz CT molecular complexity index is 533. The molecule has 1 aliphatic rings. The van der Waals surface area contributed by atoms with Crippen molar-refractivity contribution < 1.29 is 14.0 Å². The number of rotatable bonds is 4. The van der Waals surface area contributed by atoms with Gasteiger partial charge in [-0.15, -0.1) is 0 Å². The van der Waals surface area contributed by atoms with Crippen LogP contribution in [0.1, 0.15) is 12.5 Å². The Labute approximate surface area is 130 Å². The molecule has 1 atom stereocenters. The van der Waals surface area contributed by atoms with Crippen LogP contribution in [-0.2, 0) is 16.0 Å². The quantitative estimate of drug-likeness (QED) is 0.888. The van der Waals surface area contributed by atoms with Gasteiger partial charge in [-0.2, -0.15) is 0 Å². The van der Waals surface area contributed by atoms with Crippen LogP contribution in [0.25, 0.3) is 0 Å². The third-order valence-corrected chi connectivity index (χ3v) is 4.09. The lowest BCUT2D eigenvalue weighted by Gasteiger charge is -2.40. The van der Waals surface area contributed by atoms with Gasteiger partial charge in [0.15, 0.2) is 0 Å². The van der Waals surface area contributed by atoms with E-state index in [2.05, 4.69) is 10.2 Å². The van der Waals surface area contributed by atoms with E-state index < -0.39 is 0 Å². The van der Waals surface area contributed by atoms with E-state index in [0.29, 0.717) is 26.2 Å². The molecule has 0 bridgehead atoms. The van der Waals surface area contributed by atoms with Gasteiger partial charge in [-0.05, 0) is 24.1 Å². The zero-order valence-corrected chi connectivity index (χ0v) is 13.0. The fourth-order valence-electron chi connectivity index (χ4n) is 2.71. The molecule has 0 unspecified atom stereocenters. The van der Waals surface area contributed by atoms with Gasteiger partial charge in [0.1, 0.15) is 11.9 Å². The molecule has 6 heteroatoms. The Hall–Kier alpha value is -1.95. The van der Waals surface area contributed by atoms with Crippen LogP contribution in [0.2, 0.25) is 0 Å². The second-order valence-corrected chi connectivity index (χ2v) is 5.51. The summed E-state index contributed by atoms with van der Waals surface area (Å²) in [6.45, 7) is 3.94. The number of nitrogens with one attached hydrogen (secondary N) is 1. The number of piperazine rings is 1. The van der Waals surface area contributed by atoms with E-state index in [1.165, 1.54) is 19.1 Å². The summed E-state index contributed by atoms with van der Waals surface area (Å²) in [4.78, 5) is 27.4. The summed E-state index contributed by atoms with van der Waals surface area (Å²) < 4.78 is 12.9. The van der Waals surface area contributed by atoms with E-state index in [4.69, 9.17) is 0 Å². The highest BCUT2D eigenvalue weighted by atomic mass is 19.1. The third kappa shape index (κ3) is 4.04. The van der Waals surface area contributed by atoms with Crippen LogP contribution >= 0.6 is 0 Å². The Balaban J connectivity index is 1.99. The molecule has 2 amide bonds. The summed E-state index contributed by atoms with van der Waals surface area (Å²) in [5.74, 6) is -0.334. The molecule has 1 aromatic carbocycles. The van der Waals surface area contributed by atoms with Gasteiger partial charge in [-0.3, -0.25) is 14.5 Å². The molecule has 1 heterocycles. The lowest BCUT2D eigenvalue weighted by atomic mass is 10.1. The molecule has 0 aromatic heterocycles.